The first-order valence-electron chi connectivity index (χ1n) is 11.9. The van der Waals surface area contributed by atoms with Gasteiger partial charge in [0.1, 0.15) is 10.8 Å². The van der Waals surface area contributed by atoms with Gasteiger partial charge in [0.05, 0.1) is 11.8 Å². The van der Waals surface area contributed by atoms with Gasteiger partial charge in [-0.1, -0.05) is 6.07 Å². The zero-order valence-electron chi connectivity index (χ0n) is 20.5. The number of nitrogens with one attached hydrogen (secondary N) is 1. The molecule has 3 atom stereocenters. The number of aromatic nitrogens is 4. The fourth-order valence-corrected chi connectivity index (χ4v) is 6.20. The minimum absolute atomic E-state index is 0.00628. The Morgan fingerprint density at radius 3 is 2.40 bits per heavy atom. The third-order valence-electron chi connectivity index (χ3n) is 7.46. The molecule has 0 aliphatic carbocycles. The zero-order valence-corrected chi connectivity index (χ0v) is 21.4. The van der Waals surface area contributed by atoms with Crippen LogP contribution in [0.3, 0.4) is 0 Å². The van der Waals surface area contributed by atoms with Gasteiger partial charge in [-0.25, -0.2) is 14.4 Å². The molecule has 0 spiro atoms. The Morgan fingerprint density at radius 1 is 1.06 bits per heavy atom. The summed E-state index contributed by atoms with van der Waals surface area (Å²) in [5, 5.41) is 23.6. The summed E-state index contributed by atoms with van der Waals surface area (Å²) in [7, 11) is 2.06. The van der Waals surface area contributed by atoms with Crippen LogP contribution in [0.25, 0.3) is 22.5 Å². The Morgan fingerprint density at radius 2 is 1.80 bits per heavy atom. The van der Waals surface area contributed by atoms with Crippen molar-refractivity contribution in [2.45, 2.75) is 68.1 Å². The first-order valence-corrected chi connectivity index (χ1v) is 13.2. The van der Waals surface area contributed by atoms with Crippen LogP contribution >= 0.6 is 11.8 Å². The summed E-state index contributed by atoms with van der Waals surface area (Å²) < 4.78 is 14.1. The molecule has 0 amide bonds. The molecule has 3 aromatic rings. The second-order valence-corrected chi connectivity index (χ2v) is 11.2. The molecule has 2 fully saturated rings. The molecule has 4 heterocycles. The molecule has 2 N–H and O–H groups in total. The second-order valence-electron chi connectivity index (χ2n) is 10.4. The molecule has 5 rings (SSSR count). The summed E-state index contributed by atoms with van der Waals surface area (Å²) in [5.74, 6) is 0.685. The van der Waals surface area contributed by atoms with E-state index in [4.69, 9.17) is 0 Å². The van der Waals surface area contributed by atoms with Gasteiger partial charge in [-0.2, -0.15) is 0 Å². The number of benzene rings is 1. The Hall–Kier alpha value is -2.78. The monoisotopic (exact) mass is 494 g/mol. The number of anilines is 1. The fraction of sp³-hybridized carbons (Fsp3) is 0.462. The quantitative estimate of drug-likeness (QED) is 0.476. The number of fused-ring (bicyclic) bond motifs is 2. The number of piperidine rings is 2. The Bertz CT molecular complexity index is 1220. The van der Waals surface area contributed by atoms with Crippen molar-refractivity contribution in [2.24, 2.45) is 0 Å². The molecule has 184 valence electrons. The third-order valence-corrected chi connectivity index (χ3v) is 8.15. The first-order chi connectivity index (χ1) is 16.7. The van der Waals surface area contributed by atoms with Gasteiger partial charge in [0.25, 0.3) is 0 Å². The van der Waals surface area contributed by atoms with Gasteiger partial charge in [-0.15, -0.1) is 22.0 Å². The number of phenols is 1. The van der Waals surface area contributed by atoms with Crippen molar-refractivity contribution in [3.05, 3.63) is 42.5 Å². The van der Waals surface area contributed by atoms with Crippen molar-refractivity contribution in [2.75, 3.05) is 18.2 Å². The largest absolute Gasteiger partial charge is 0.507 e. The van der Waals surface area contributed by atoms with Crippen LogP contribution in [-0.4, -0.2) is 55.7 Å². The highest BCUT2D eigenvalue weighted by atomic mass is 32.2. The predicted molar refractivity (Wildman–Crippen MR) is 137 cm³/mol. The van der Waals surface area contributed by atoms with Crippen molar-refractivity contribution >= 4 is 17.6 Å². The lowest BCUT2D eigenvalue weighted by molar-refractivity contribution is 0.0784. The van der Waals surface area contributed by atoms with E-state index in [-0.39, 0.29) is 22.6 Å². The fourth-order valence-electron chi connectivity index (χ4n) is 5.79. The van der Waals surface area contributed by atoms with Gasteiger partial charge in [-0.05, 0) is 76.0 Å². The molecule has 2 aromatic heterocycles. The van der Waals surface area contributed by atoms with E-state index in [0.29, 0.717) is 33.6 Å². The van der Waals surface area contributed by atoms with Crippen LogP contribution in [0.15, 0.2) is 41.7 Å². The molecular weight excluding hydrogens is 463 g/mol. The Labute approximate surface area is 209 Å². The highest BCUT2D eigenvalue weighted by Gasteiger charge is 2.46. The highest BCUT2D eigenvalue weighted by molar-refractivity contribution is 7.98. The molecule has 2 aliphatic rings. The van der Waals surface area contributed by atoms with E-state index < -0.39 is 0 Å². The minimum Gasteiger partial charge on any atom is -0.507 e. The summed E-state index contributed by atoms with van der Waals surface area (Å²) in [6, 6.07) is 6.87. The maximum absolute atomic E-state index is 14.1. The van der Waals surface area contributed by atoms with Crippen molar-refractivity contribution < 1.29 is 9.50 Å². The summed E-state index contributed by atoms with van der Waals surface area (Å²) >= 11 is 1.25. The van der Waals surface area contributed by atoms with E-state index in [2.05, 4.69) is 51.3 Å². The molecule has 9 heteroatoms. The lowest BCUT2D eigenvalue weighted by Gasteiger charge is -2.55. The van der Waals surface area contributed by atoms with Gasteiger partial charge in [-0.3, -0.25) is 0 Å². The molecule has 2 aliphatic heterocycles. The third kappa shape index (κ3) is 4.71. The number of aromatic hydroxyl groups is 1. The Balaban J connectivity index is 1.34. The van der Waals surface area contributed by atoms with Crippen molar-refractivity contribution in [1.82, 2.24) is 25.5 Å². The number of halogens is 1. The summed E-state index contributed by atoms with van der Waals surface area (Å²) in [6.07, 6.45) is 10.9. The average molecular weight is 495 g/mol. The van der Waals surface area contributed by atoms with Crippen LogP contribution in [-0.2, 0) is 0 Å². The van der Waals surface area contributed by atoms with Crippen molar-refractivity contribution in [3.63, 3.8) is 0 Å². The average Bonchev–Trinajstić information content (AvgIpc) is 2.82. The summed E-state index contributed by atoms with van der Waals surface area (Å²) in [5.41, 5.74) is 2.01. The van der Waals surface area contributed by atoms with Crippen LogP contribution in [0.2, 0.25) is 0 Å². The van der Waals surface area contributed by atoms with Crippen LogP contribution < -0.4 is 10.2 Å². The van der Waals surface area contributed by atoms with Crippen molar-refractivity contribution in [1.29, 1.82) is 0 Å². The molecule has 2 bridgehead atoms. The molecular formula is C26H31FN6OS. The first kappa shape index (κ1) is 23.9. The van der Waals surface area contributed by atoms with Crippen LogP contribution in [0, 0.1) is 5.82 Å². The number of pyridine rings is 1. The van der Waals surface area contributed by atoms with E-state index in [9.17, 15) is 9.50 Å². The molecule has 1 aromatic carbocycles. The van der Waals surface area contributed by atoms with E-state index >= 15 is 0 Å². The summed E-state index contributed by atoms with van der Waals surface area (Å²) in [4.78, 5) is 10.8. The number of nitrogens with zero attached hydrogens (tertiary/aromatic N) is 5. The zero-order chi connectivity index (χ0) is 24.8. The van der Waals surface area contributed by atoms with Crippen molar-refractivity contribution in [3.8, 4) is 28.3 Å². The van der Waals surface area contributed by atoms with Gasteiger partial charge < -0.3 is 15.3 Å². The SMILES string of the molecule is CSc1ncc(-c2ccc(-c3ncc(N(C)C4C[C@]5(C)CCC[C@](C)(C4)N5)nn3)c(O)c2)cc1F. The molecule has 0 saturated carbocycles. The number of hydrogen-bond donors (Lipinski definition) is 2. The molecule has 2 saturated heterocycles. The van der Waals surface area contributed by atoms with E-state index in [1.165, 1.54) is 37.1 Å². The van der Waals surface area contributed by atoms with Gasteiger partial charge >= 0.3 is 0 Å². The van der Waals surface area contributed by atoms with Crippen LogP contribution in [0.1, 0.15) is 46.0 Å². The number of thioether (sulfide) groups is 1. The molecule has 1 unspecified atom stereocenters. The summed E-state index contributed by atoms with van der Waals surface area (Å²) in [6.45, 7) is 4.65. The van der Waals surface area contributed by atoms with E-state index in [0.717, 1.165) is 18.7 Å². The highest BCUT2D eigenvalue weighted by Crippen LogP contribution is 2.42. The molecule has 7 nitrogen and oxygen atoms in total. The van der Waals surface area contributed by atoms with E-state index in [1.807, 2.05) is 0 Å². The maximum Gasteiger partial charge on any atom is 0.185 e. The number of hydrogen-bond acceptors (Lipinski definition) is 8. The normalized spacial score (nSPS) is 25.9. The Kier molecular flexibility index (Phi) is 6.17. The second kappa shape index (κ2) is 9.02. The minimum atomic E-state index is -0.383. The van der Waals surface area contributed by atoms with Gasteiger partial charge in [0, 0.05) is 35.9 Å². The standard InChI is InChI=1S/C26H31FN6OS/c1-25-8-5-9-26(2,32-25)13-18(12-25)33(3)22-15-28-23(31-30-22)19-7-6-16(11-21(19)34)17-10-20(27)24(35-4)29-14-17/h6-7,10-11,14-15,18,32,34H,5,8-9,12-13H2,1-4H3/t18?,25-,26+. The van der Waals surface area contributed by atoms with E-state index in [1.54, 1.807) is 36.8 Å². The molecule has 35 heavy (non-hydrogen) atoms. The lowest BCUT2D eigenvalue weighted by atomic mass is 9.69. The van der Waals surface area contributed by atoms with Gasteiger partial charge in [0.15, 0.2) is 17.5 Å². The van der Waals surface area contributed by atoms with Crippen LogP contribution in [0.5, 0.6) is 5.75 Å². The number of phenolic OH excluding ortho intramolecular Hbond substituents is 1. The van der Waals surface area contributed by atoms with Gasteiger partial charge in [0.2, 0.25) is 0 Å². The topological polar surface area (TPSA) is 87.1 Å². The predicted octanol–water partition coefficient (Wildman–Crippen LogP) is 5.06. The lowest BCUT2D eigenvalue weighted by Crippen LogP contribution is -2.66. The smallest absolute Gasteiger partial charge is 0.185 e. The van der Waals surface area contributed by atoms with Crippen LogP contribution in [0.4, 0.5) is 10.2 Å². The number of rotatable bonds is 5. The molecule has 0 radical (unpaired) electrons. The maximum atomic E-state index is 14.1.